The summed E-state index contributed by atoms with van der Waals surface area (Å²) < 4.78 is 22.9. The van der Waals surface area contributed by atoms with E-state index < -0.39 is 5.82 Å². The van der Waals surface area contributed by atoms with Gasteiger partial charge < -0.3 is 9.26 Å². The first-order valence-electron chi connectivity index (χ1n) is 4.40. The van der Waals surface area contributed by atoms with Gasteiger partial charge in [-0.2, -0.15) is 4.98 Å². The van der Waals surface area contributed by atoms with Crippen molar-refractivity contribution in [2.45, 2.75) is 13.5 Å². The second-order valence-electron chi connectivity index (χ2n) is 3.07. The molecular weight excluding hydrogens is 199 g/mol. The predicted octanol–water partition coefficient (Wildman–Crippen LogP) is 2.10. The molecule has 0 N–H and O–H groups in total. The van der Waals surface area contributed by atoms with E-state index in [4.69, 9.17) is 4.74 Å². The molecule has 4 nitrogen and oxygen atoms in total. The average Bonchev–Trinajstić information content (AvgIpc) is 2.72. The van der Waals surface area contributed by atoms with Crippen LogP contribution in [-0.2, 0) is 6.61 Å². The number of nitrogens with zero attached hydrogens (tertiary/aromatic N) is 2. The van der Waals surface area contributed by atoms with Gasteiger partial charge in [-0.25, -0.2) is 4.39 Å². The van der Waals surface area contributed by atoms with Crippen LogP contribution in [0.4, 0.5) is 4.39 Å². The van der Waals surface area contributed by atoms with Crippen molar-refractivity contribution in [2.75, 3.05) is 0 Å². The fourth-order valence-electron chi connectivity index (χ4n) is 1.12. The van der Waals surface area contributed by atoms with Crippen molar-refractivity contribution in [1.29, 1.82) is 0 Å². The van der Waals surface area contributed by atoms with Crippen molar-refractivity contribution < 1.29 is 13.7 Å². The Kier molecular flexibility index (Phi) is 2.62. The minimum atomic E-state index is -0.399. The van der Waals surface area contributed by atoms with Crippen LogP contribution in [0.2, 0.25) is 0 Å². The number of hydrogen-bond donors (Lipinski definition) is 0. The molecule has 0 aliphatic rings. The van der Waals surface area contributed by atoms with Crippen molar-refractivity contribution in [3.05, 3.63) is 41.8 Å². The number of rotatable bonds is 3. The molecule has 2 aromatic rings. The summed E-state index contributed by atoms with van der Waals surface area (Å²) in [6, 6.07) is 4.66. The van der Waals surface area contributed by atoms with Gasteiger partial charge in [0.15, 0.2) is 18.2 Å². The zero-order chi connectivity index (χ0) is 10.7. The van der Waals surface area contributed by atoms with E-state index in [1.807, 2.05) is 6.92 Å². The Morgan fingerprint density at radius 3 is 3.07 bits per heavy atom. The Balaban J connectivity index is 2.07. The van der Waals surface area contributed by atoms with E-state index in [9.17, 15) is 4.39 Å². The fourth-order valence-corrected chi connectivity index (χ4v) is 1.12. The second kappa shape index (κ2) is 4.08. The van der Waals surface area contributed by atoms with Crippen molar-refractivity contribution in [3.8, 4) is 5.75 Å². The van der Waals surface area contributed by atoms with Crippen LogP contribution in [0.1, 0.15) is 11.4 Å². The molecular formula is C10H9FN2O2. The number of aromatic nitrogens is 2. The first-order chi connectivity index (χ1) is 7.25. The molecule has 0 saturated carbocycles. The first kappa shape index (κ1) is 9.64. The molecule has 0 fully saturated rings. The molecule has 0 aliphatic heterocycles. The minimum absolute atomic E-state index is 0.0941. The zero-order valence-electron chi connectivity index (χ0n) is 8.11. The Bertz CT molecular complexity index is 443. The topological polar surface area (TPSA) is 48.2 Å². The molecule has 1 heterocycles. The Hall–Kier alpha value is -1.91. The van der Waals surface area contributed by atoms with Gasteiger partial charge in [-0.05, 0) is 24.6 Å². The summed E-state index contributed by atoms with van der Waals surface area (Å²) in [7, 11) is 0. The van der Waals surface area contributed by atoms with Gasteiger partial charge in [0.25, 0.3) is 0 Å². The number of ether oxygens (including phenoxy) is 1. The van der Waals surface area contributed by atoms with Gasteiger partial charge >= 0.3 is 0 Å². The van der Waals surface area contributed by atoms with Crippen LogP contribution in [0, 0.1) is 12.7 Å². The number of aryl methyl sites for hydroxylation is 1. The van der Waals surface area contributed by atoms with E-state index in [0.717, 1.165) is 5.56 Å². The normalized spacial score (nSPS) is 10.3. The maximum atomic E-state index is 13.2. The number of halogens is 1. The predicted molar refractivity (Wildman–Crippen MR) is 49.8 cm³/mol. The lowest BCUT2D eigenvalue weighted by molar-refractivity contribution is 0.273. The maximum Gasteiger partial charge on any atom is 0.213 e. The Labute approximate surface area is 85.7 Å². The lowest BCUT2D eigenvalue weighted by Gasteiger charge is -2.05. The van der Waals surface area contributed by atoms with Gasteiger partial charge in [-0.3, -0.25) is 0 Å². The highest BCUT2D eigenvalue weighted by molar-refractivity contribution is 5.29. The monoisotopic (exact) mass is 208 g/mol. The van der Waals surface area contributed by atoms with Crippen LogP contribution < -0.4 is 4.74 Å². The SMILES string of the molecule is Cc1ccc(F)c(OCc2ncon2)c1. The third kappa shape index (κ3) is 2.31. The Morgan fingerprint density at radius 1 is 1.47 bits per heavy atom. The number of benzene rings is 1. The summed E-state index contributed by atoms with van der Waals surface area (Å²) in [4.78, 5) is 3.76. The van der Waals surface area contributed by atoms with Crippen LogP contribution in [0.15, 0.2) is 29.1 Å². The molecule has 1 aromatic heterocycles. The molecule has 0 saturated heterocycles. The summed E-state index contributed by atoms with van der Waals surface area (Å²) in [5.74, 6) is 0.180. The van der Waals surface area contributed by atoms with Crippen molar-refractivity contribution in [1.82, 2.24) is 10.1 Å². The lowest BCUT2D eigenvalue weighted by atomic mass is 10.2. The summed E-state index contributed by atoms with van der Waals surface area (Å²) in [6.45, 7) is 1.96. The first-order valence-corrected chi connectivity index (χ1v) is 4.40. The smallest absolute Gasteiger partial charge is 0.213 e. The van der Waals surface area contributed by atoms with Crippen LogP contribution in [-0.4, -0.2) is 10.1 Å². The van der Waals surface area contributed by atoms with E-state index in [-0.39, 0.29) is 12.4 Å². The number of hydrogen-bond acceptors (Lipinski definition) is 4. The molecule has 0 spiro atoms. The van der Waals surface area contributed by atoms with Crippen LogP contribution in [0.25, 0.3) is 0 Å². The highest BCUT2D eigenvalue weighted by Crippen LogP contribution is 2.18. The molecule has 0 bridgehead atoms. The summed E-state index contributed by atoms with van der Waals surface area (Å²) in [5, 5.41) is 3.55. The average molecular weight is 208 g/mol. The van der Waals surface area contributed by atoms with Gasteiger partial charge in [0, 0.05) is 0 Å². The van der Waals surface area contributed by atoms with Gasteiger partial charge in [0.2, 0.25) is 12.2 Å². The van der Waals surface area contributed by atoms with Gasteiger partial charge in [-0.1, -0.05) is 11.2 Å². The molecule has 2 rings (SSSR count). The summed E-state index contributed by atoms with van der Waals surface area (Å²) in [5.41, 5.74) is 0.930. The summed E-state index contributed by atoms with van der Waals surface area (Å²) in [6.07, 6.45) is 1.20. The van der Waals surface area contributed by atoms with E-state index in [1.54, 1.807) is 12.1 Å². The molecule has 0 amide bonds. The van der Waals surface area contributed by atoms with Gasteiger partial charge in [-0.15, -0.1) is 0 Å². The highest BCUT2D eigenvalue weighted by Gasteiger charge is 2.05. The molecule has 78 valence electrons. The van der Waals surface area contributed by atoms with Crippen LogP contribution in [0.3, 0.4) is 0 Å². The third-order valence-electron chi connectivity index (χ3n) is 1.85. The standard InChI is InChI=1S/C10H9FN2O2/c1-7-2-3-8(11)9(4-7)14-5-10-12-6-15-13-10/h2-4,6H,5H2,1H3. The quantitative estimate of drug-likeness (QED) is 0.774. The molecule has 0 unspecified atom stereocenters. The van der Waals surface area contributed by atoms with E-state index >= 15 is 0 Å². The molecule has 5 heteroatoms. The molecule has 1 aromatic carbocycles. The van der Waals surface area contributed by atoms with Crippen molar-refractivity contribution in [3.63, 3.8) is 0 Å². The van der Waals surface area contributed by atoms with Gasteiger partial charge in [0.1, 0.15) is 0 Å². The third-order valence-corrected chi connectivity index (χ3v) is 1.85. The van der Waals surface area contributed by atoms with E-state index in [2.05, 4.69) is 14.7 Å². The lowest BCUT2D eigenvalue weighted by Crippen LogP contribution is -1.99. The molecule has 0 radical (unpaired) electrons. The van der Waals surface area contributed by atoms with Crippen LogP contribution in [0.5, 0.6) is 5.75 Å². The maximum absolute atomic E-state index is 13.2. The van der Waals surface area contributed by atoms with E-state index in [1.165, 1.54) is 12.5 Å². The van der Waals surface area contributed by atoms with Crippen LogP contribution >= 0.6 is 0 Å². The van der Waals surface area contributed by atoms with Crippen molar-refractivity contribution in [2.24, 2.45) is 0 Å². The second-order valence-corrected chi connectivity index (χ2v) is 3.07. The van der Waals surface area contributed by atoms with Crippen molar-refractivity contribution >= 4 is 0 Å². The summed E-state index contributed by atoms with van der Waals surface area (Å²) >= 11 is 0. The fraction of sp³-hybridized carbons (Fsp3) is 0.200. The largest absolute Gasteiger partial charge is 0.482 e. The molecule has 0 aliphatic carbocycles. The Morgan fingerprint density at radius 2 is 2.33 bits per heavy atom. The zero-order valence-corrected chi connectivity index (χ0v) is 8.11. The molecule has 0 atom stereocenters. The molecule has 15 heavy (non-hydrogen) atoms. The highest BCUT2D eigenvalue weighted by atomic mass is 19.1. The van der Waals surface area contributed by atoms with Gasteiger partial charge in [0.05, 0.1) is 0 Å². The minimum Gasteiger partial charge on any atom is -0.482 e. The van der Waals surface area contributed by atoms with E-state index in [0.29, 0.717) is 5.82 Å².